The van der Waals surface area contributed by atoms with Gasteiger partial charge >= 0.3 is 0 Å². The normalized spacial score (nSPS) is 12.0. The summed E-state index contributed by atoms with van der Waals surface area (Å²) in [6.07, 6.45) is 9.66. The van der Waals surface area contributed by atoms with E-state index in [1.807, 2.05) is 0 Å². The number of fused-ring (bicyclic) bond motifs is 6. The molecule has 3 aromatic heterocycles. The number of hydrogen-bond donors (Lipinski definition) is 0. The van der Waals surface area contributed by atoms with Crippen molar-refractivity contribution in [2.75, 3.05) is 0 Å². The average Bonchev–Trinajstić information content (AvgIpc) is 3.11. The molecule has 5 aromatic rings. The van der Waals surface area contributed by atoms with E-state index in [1.165, 1.54) is 81.3 Å². The van der Waals surface area contributed by atoms with Crippen molar-refractivity contribution >= 4 is 70.2 Å². The Kier molecular flexibility index (Phi) is 6.76. The van der Waals surface area contributed by atoms with Gasteiger partial charge in [0, 0.05) is 20.6 Å². The predicted molar refractivity (Wildman–Crippen MR) is 150 cm³/mol. The van der Waals surface area contributed by atoms with E-state index in [0.29, 0.717) is 0 Å². The Hall–Kier alpha value is -1.91. The molecule has 0 N–H and O–H groups in total. The van der Waals surface area contributed by atoms with Gasteiger partial charge in [0.05, 0.1) is 21.0 Å². The van der Waals surface area contributed by atoms with Gasteiger partial charge in [-0.1, -0.05) is 79.7 Å². The monoisotopic (exact) mass is 564 g/mol. The summed E-state index contributed by atoms with van der Waals surface area (Å²) in [5.41, 5.74) is 7.64. The van der Waals surface area contributed by atoms with Gasteiger partial charge in [0.15, 0.2) is 0 Å². The molecule has 2 aromatic carbocycles. The van der Waals surface area contributed by atoms with Crippen LogP contribution in [0.5, 0.6) is 0 Å². The molecule has 0 saturated carbocycles. The van der Waals surface area contributed by atoms with Gasteiger partial charge in [-0.05, 0) is 77.0 Å². The maximum atomic E-state index is 5.25. The highest BCUT2D eigenvalue weighted by atomic mass is 79.9. The first-order chi connectivity index (χ1) is 16.1. The molecule has 0 bridgehead atoms. The summed E-state index contributed by atoms with van der Waals surface area (Å²) in [4.78, 5) is 5.25. The molecule has 0 amide bonds. The smallest absolute Gasteiger partial charge is 0.145 e. The fourth-order valence-electron chi connectivity index (χ4n) is 5.17. The van der Waals surface area contributed by atoms with Crippen LogP contribution in [-0.4, -0.2) is 9.38 Å². The number of unbranched alkanes of at least 4 members (excludes halogenated alkanes) is 4. The number of para-hydroxylation sites is 1. The largest absolute Gasteiger partial charge is 0.292 e. The molecular formula is C29H30Br2N2. The van der Waals surface area contributed by atoms with E-state index in [9.17, 15) is 0 Å². The number of nitrogens with zero attached hydrogens (tertiary/aromatic N) is 2. The Balaban J connectivity index is 1.94. The van der Waals surface area contributed by atoms with Gasteiger partial charge in [-0.25, -0.2) is 4.98 Å². The second kappa shape index (κ2) is 9.76. The van der Waals surface area contributed by atoms with Crippen LogP contribution >= 0.6 is 31.9 Å². The molecule has 4 heteroatoms. The lowest BCUT2D eigenvalue weighted by Crippen LogP contribution is -2.04. The molecule has 33 heavy (non-hydrogen) atoms. The van der Waals surface area contributed by atoms with Gasteiger partial charge in [-0.3, -0.25) is 4.40 Å². The number of aryl methyl sites for hydroxylation is 2. The molecule has 5 rings (SSSR count). The van der Waals surface area contributed by atoms with Crippen molar-refractivity contribution < 1.29 is 0 Å². The Labute approximate surface area is 212 Å². The van der Waals surface area contributed by atoms with E-state index in [4.69, 9.17) is 4.98 Å². The van der Waals surface area contributed by atoms with E-state index in [2.05, 4.69) is 98.6 Å². The fourth-order valence-corrected chi connectivity index (χ4v) is 6.27. The van der Waals surface area contributed by atoms with Gasteiger partial charge in [-0.2, -0.15) is 0 Å². The van der Waals surface area contributed by atoms with Gasteiger partial charge < -0.3 is 0 Å². The maximum Gasteiger partial charge on any atom is 0.145 e. The van der Waals surface area contributed by atoms with E-state index < -0.39 is 0 Å². The third kappa shape index (κ3) is 4.10. The van der Waals surface area contributed by atoms with Crippen LogP contribution in [0.3, 0.4) is 0 Å². The van der Waals surface area contributed by atoms with Crippen LogP contribution in [0.25, 0.3) is 38.4 Å². The number of benzene rings is 2. The molecule has 3 heterocycles. The van der Waals surface area contributed by atoms with Crippen molar-refractivity contribution in [3.8, 4) is 0 Å². The maximum absolute atomic E-state index is 5.25. The predicted octanol–water partition coefficient (Wildman–Crippen LogP) is 9.78. The topological polar surface area (TPSA) is 17.3 Å². The lowest BCUT2D eigenvalue weighted by molar-refractivity contribution is 0.696. The molecule has 0 fully saturated rings. The molecule has 0 spiro atoms. The van der Waals surface area contributed by atoms with Crippen LogP contribution in [0, 0.1) is 0 Å². The number of hydrogen-bond acceptors (Lipinski definition) is 1. The second-order valence-electron chi connectivity index (χ2n) is 9.08. The van der Waals surface area contributed by atoms with Gasteiger partial charge in [0.1, 0.15) is 5.65 Å². The zero-order valence-corrected chi connectivity index (χ0v) is 22.6. The summed E-state index contributed by atoms with van der Waals surface area (Å²) in [6, 6.07) is 17.5. The molecule has 2 nitrogen and oxygen atoms in total. The first-order valence-corrected chi connectivity index (χ1v) is 13.8. The summed E-state index contributed by atoms with van der Waals surface area (Å²) in [5.74, 6) is 0. The Morgan fingerprint density at radius 2 is 1.52 bits per heavy atom. The average molecular weight is 566 g/mol. The first-order valence-electron chi connectivity index (χ1n) is 12.3. The summed E-state index contributed by atoms with van der Waals surface area (Å²) >= 11 is 7.73. The van der Waals surface area contributed by atoms with E-state index in [1.54, 1.807) is 0 Å². The summed E-state index contributed by atoms with van der Waals surface area (Å²) < 4.78 is 4.71. The molecule has 170 valence electrons. The zero-order chi connectivity index (χ0) is 22.9. The Morgan fingerprint density at radius 3 is 2.27 bits per heavy atom. The zero-order valence-electron chi connectivity index (χ0n) is 19.4. The Morgan fingerprint density at radius 1 is 0.788 bits per heavy atom. The number of pyridine rings is 2. The molecule has 0 unspecified atom stereocenters. The number of aromatic nitrogens is 2. The van der Waals surface area contributed by atoms with Gasteiger partial charge in [0.2, 0.25) is 0 Å². The standard InChI is InChI=1S/C29H30Br2N2/c1-3-5-7-12-21-22(13-8-6-4-2)28-27(31)23-16-15-20(30)18-26(23)33(28)29-24(21)17-19-11-9-10-14-25(19)32-29/h9-11,14-18H,3-8,12-13H2,1-2H3. The van der Waals surface area contributed by atoms with Crippen molar-refractivity contribution in [3.63, 3.8) is 0 Å². The fraction of sp³-hybridized carbons (Fsp3) is 0.345. The van der Waals surface area contributed by atoms with E-state index >= 15 is 0 Å². The lowest BCUT2D eigenvalue weighted by atomic mass is 9.93. The van der Waals surface area contributed by atoms with Gasteiger partial charge in [-0.15, -0.1) is 0 Å². The van der Waals surface area contributed by atoms with Crippen LogP contribution in [0.15, 0.2) is 57.5 Å². The highest BCUT2D eigenvalue weighted by molar-refractivity contribution is 9.11. The van der Waals surface area contributed by atoms with Crippen molar-refractivity contribution in [2.45, 2.75) is 65.2 Å². The van der Waals surface area contributed by atoms with Gasteiger partial charge in [0.25, 0.3) is 0 Å². The second-order valence-corrected chi connectivity index (χ2v) is 10.8. The van der Waals surface area contributed by atoms with Crippen LogP contribution < -0.4 is 0 Å². The lowest BCUT2D eigenvalue weighted by Gasteiger charge is -2.18. The highest BCUT2D eigenvalue weighted by Crippen LogP contribution is 2.41. The third-order valence-electron chi connectivity index (χ3n) is 6.82. The third-order valence-corrected chi connectivity index (χ3v) is 8.12. The summed E-state index contributed by atoms with van der Waals surface area (Å²) in [6.45, 7) is 4.57. The summed E-state index contributed by atoms with van der Waals surface area (Å²) in [5, 5.41) is 3.78. The van der Waals surface area contributed by atoms with Crippen LogP contribution in [-0.2, 0) is 12.8 Å². The van der Waals surface area contributed by atoms with Crippen molar-refractivity contribution in [3.05, 3.63) is 68.6 Å². The van der Waals surface area contributed by atoms with Crippen molar-refractivity contribution in [2.24, 2.45) is 0 Å². The van der Waals surface area contributed by atoms with Crippen LogP contribution in [0.1, 0.15) is 63.5 Å². The minimum absolute atomic E-state index is 1.05. The van der Waals surface area contributed by atoms with E-state index in [-0.39, 0.29) is 0 Å². The summed E-state index contributed by atoms with van der Waals surface area (Å²) in [7, 11) is 0. The van der Waals surface area contributed by atoms with Crippen LogP contribution in [0.4, 0.5) is 0 Å². The number of rotatable bonds is 8. The van der Waals surface area contributed by atoms with Crippen molar-refractivity contribution in [1.29, 1.82) is 0 Å². The van der Waals surface area contributed by atoms with E-state index in [0.717, 1.165) is 28.5 Å². The highest BCUT2D eigenvalue weighted by Gasteiger charge is 2.22. The van der Waals surface area contributed by atoms with Crippen LogP contribution in [0.2, 0.25) is 0 Å². The number of halogens is 2. The molecule has 0 saturated heterocycles. The molecule has 0 radical (unpaired) electrons. The van der Waals surface area contributed by atoms with Crippen molar-refractivity contribution in [1.82, 2.24) is 9.38 Å². The molecule has 0 aliphatic carbocycles. The molecule has 0 atom stereocenters. The molecule has 0 aliphatic rings. The Bertz CT molecular complexity index is 1470. The quantitative estimate of drug-likeness (QED) is 0.135. The first kappa shape index (κ1) is 22.9. The SMILES string of the molecule is CCCCCc1c(CCCCC)c2c(Br)c3ccc(Br)cc3n2c2nc3ccccc3cc12. The minimum atomic E-state index is 1.05. The molecular weight excluding hydrogens is 536 g/mol. The minimum Gasteiger partial charge on any atom is -0.292 e. The molecule has 0 aliphatic heterocycles.